The summed E-state index contributed by atoms with van der Waals surface area (Å²) in [5.74, 6) is 0.198. The molecule has 0 aromatic carbocycles. The van der Waals surface area contributed by atoms with Gasteiger partial charge in [0.2, 0.25) is 0 Å². The Morgan fingerprint density at radius 1 is 1.50 bits per heavy atom. The Morgan fingerprint density at radius 3 is 2.83 bits per heavy atom. The van der Waals surface area contributed by atoms with Crippen LogP contribution in [0, 0.1) is 0 Å². The van der Waals surface area contributed by atoms with Gasteiger partial charge in [-0.25, -0.2) is 0 Å². The van der Waals surface area contributed by atoms with Crippen LogP contribution in [0.1, 0.15) is 18.5 Å². The van der Waals surface area contributed by atoms with E-state index in [1.807, 2.05) is 6.07 Å². The third-order valence-corrected chi connectivity index (χ3v) is 2.26. The fraction of sp³-hybridized carbons (Fsp3) is 0.250. The minimum absolute atomic E-state index is 0.198. The molecule has 0 fully saturated rings. The van der Waals surface area contributed by atoms with E-state index in [1.54, 1.807) is 6.08 Å². The molecule has 0 atom stereocenters. The van der Waals surface area contributed by atoms with E-state index < -0.39 is 0 Å². The minimum Gasteiger partial charge on any atom is -0.295 e. The van der Waals surface area contributed by atoms with Gasteiger partial charge >= 0.3 is 0 Å². The number of aromatic nitrogens is 2. The summed E-state index contributed by atoms with van der Waals surface area (Å²) in [4.78, 5) is 10.9. The van der Waals surface area contributed by atoms with E-state index in [4.69, 9.17) is 0 Å². The monoisotopic (exact) mass is 226 g/mol. The number of hydrogen-bond acceptors (Lipinski definition) is 2. The maximum Gasteiger partial charge on any atom is 0.156 e. The van der Waals surface area contributed by atoms with Gasteiger partial charge in [-0.2, -0.15) is 5.10 Å². The van der Waals surface area contributed by atoms with Crippen molar-refractivity contribution in [1.29, 1.82) is 0 Å². The molecule has 0 unspecified atom stereocenters. The Labute approximate surface area is 78.0 Å². The van der Waals surface area contributed by atoms with Gasteiger partial charge in [0.05, 0.1) is 5.69 Å². The molecule has 1 aromatic rings. The van der Waals surface area contributed by atoms with Crippen LogP contribution in [0.3, 0.4) is 0 Å². The predicted octanol–water partition coefficient (Wildman–Crippen LogP) is 1.92. The van der Waals surface area contributed by atoms with Crippen LogP contribution in [0.4, 0.5) is 0 Å². The normalized spacial score (nSPS) is 16.8. The number of rotatable bonds is 1. The Bertz CT molecular complexity index is 354. The number of allylic oxidation sites excluding steroid dienone is 2. The number of carbonyl (C=O) groups is 1. The van der Waals surface area contributed by atoms with Crippen molar-refractivity contribution in [2.24, 2.45) is 0 Å². The minimum atomic E-state index is 0.198. The molecule has 3 nitrogen and oxygen atoms in total. The van der Waals surface area contributed by atoms with E-state index in [-0.39, 0.29) is 5.78 Å². The smallest absolute Gasteiger partial charge is 0.156 e. The van der Waals surface area contributed by atoms with Crippen molar-refractivity contribution in [1.82, 2.24) is 10.2 Å². The summed E-state index contributed by atoms with van der Waals surface area (Å²) in [6, 6.07) is 1.88. The van der Waals surface area contributed by atoms with Gasteiger partial charge in [0.15, 0.2) is 5.78 Å². The molecule has 0 bridgehead atoms. The zero-order chi connectivity index (χ0) is 8.55. The molecular formula is C8H7BrN2O. The molecule has 1 N–H and O–H groups in total. The fourth-order valence-electron chi connectivity index (χ4n) is 1.26. The lowest BCUT2D eigenvalue weighted by Crippen LogP contribution is -1.80. The third-order valence-electron chi connectivity index (χ3n) is 1.85. The number of H-pyrrole nitrogens is 1. The number of nitrogens with one attached hydrogen (secondary N) is 1. The summed E-state index contributed by atoms with van der Waals surface area (Å²) < 4.78 is 0.845. The van der Waals surface area contributed by atoms with Gasteiger partial charge in [0.1, 0.15) is 4.60 Å². The van der Waals surface area contributed by atoms with Crippen LogP contribution < -0.4 is 0 Å². The Morgan fingerprint density at radius 2 is 2.33 bits per heavy atom. The van der Waals surface area contributed by atoms with E-state index in [0.717, 1.165) is 22.3 Å². The van der Waals surface area contributed by atoms with Crippen LogP contribution in [-0.2, 0) is 4.79 Å². The van der Waals surface area contributed by atoms with Gasteiger partial charge < -0.3 is 0 Å². The second-order valence-electron chi connectivity index (χ2n) is 2.74. The molecule has 1 aliphatic rings. The van der Waals surface area contributed by atoms with Crippen LogP contribution in [0.5, 0.6) is 0 Å². The molecule has 1 heterocycles. The molecule has 4 heteroatoms. The van der Waals surface area contributed by atoms with E-state index >= 15 is 0 Å². The van der Waals surface area contributed by atoms with Crippen LogP contribution in [0.25, 0.3) is 5.57 Å². The van der Waals surface area contributed by atoms with Gasteiger partial charge in [0, 0.05) is 6.42 Å². The van der Waals surface area contributed by atoms with E-state index in [9.17, 15) is 4.79 Å². The maximum atomic E-state index is 10.9. The highest BCUT2D eigenvalue weighted by atomic mass is 79.9. The van der Waals surface area contributed by atoms with Gasteiger partial charge in [-0.1, -0.05) is 0 Å². The standard InChI is InChI=1S/C8H7BrN2O/c9-8-4-7(10-11-8)5-1-2-6(12)3-5/h3-4H,1-2H2,(H,10,11). The molecule has 12 heavy (non-hydrogen) atoms. The molecular weight excluding hydrogens is 220 g/mol. The summed E-state index contributed by atoms with van der Waals surface area (Å²) in [6.45, 7) is 0. The molecule has 0 aliphatic heterocycles. The lowest BCUT2D eigenvalue weighted by atomic mass is 10.2. The molecule has 1 aromatic heterocycles. The lowest BCUT2D eigenvalue weighted by molar-refractivity contribution is -0.114. The molecule has 62 valence electrons. The van der Waals surface area contributed by atoms with E-state index in [2.05, 4.69) is 26.1 Å². The highest BCUT2D eigenvalue weighted by Gasteiger charge is 2.15. The SMILES string of the molecule is O=C1C=C(c2cc(Br)[nH]n2)CC1. The van der Waals surface area contributed by atoms with Crippen LogP contribution in [0.2, 0.25) is 0 Å². The van der Waals surface area contributed by atoms with Crippen molar-refractivity contribution in [3.63, 3.8) is 0 Å². The number of hydrogen-bond donors (Lipinski definition) is 1. The van der Waals surface area contributed by atoms with Crippen molar-refractivity contribution in [2.75, 3.05) is 0 Å². The Kier molecular flexibility index (Phi) is 1.84. The van der Waals surface area contributed by atoms with Crippen LogP contribution in [0.15, 0.2) is 16.7 Å². The lowest BCUT2D eigenvalue weighted by Gasteiger charge is -1.90. The average Bonchev–Trinajstić information content (AvgIpc) is 2.58. The first kappa shape index (κ1) is 7.73. The molecule has 2 rings (SSSR count). The number of nitrogens with zero attached hydrogens (tertiary/aromatic N) is 1. The topological polar surface area (TPSA) is 45.8 Å². The molecule has 0 saturated carbocycles. The first-order valence-corrected chi connectivity index (χ1v) is 4.50. The van der Waals surface area contributed by atoms with Crippen molar-refractivity contribution in [3.05, 3.63) is 22.4 Å². The summed E-state index contributed by atoms with van der Waals surface area (Å²) >= 11 is 3.26. The number of carbonyl (C=O) groups excluding carboxylic acids is 1. The van der Waals surface area contributed by atoms with E-state index in [0.29, 0.717) is 6.42 Å². The van der Waals surface area contributed by atoms with Crippen molar-refractivity contribution in [3.8, 4) is 0 Å². The van der Waals surface area contributed by atoms with Gasteiger partial charge in [-0.3, -0.25) is 9.89 Å². The highest BCUT2D eigenvalue weighted by molar-refractivity contribution is 9.10. The Balaban J connectivity index is 2.32. The summed E-state index contributed by atoms with van der Waals surface area (Å²) in [7, 11) is 0. The zero-order valence-electron chi connectivity index (χ0n) is 6.30. The third kappa shape index (κ3) is 1.34. The largest absolute Gasteiger partial charge is 0.295 e. The molecule has 0 saturated heterocycles. The second kappa shape index (κ2) is 2.86. The first-order valence-electron chi connectivity index (χ1n) is 3.70. The second-order valence-corrected chi connectivity index (χ2v) is 3.59. The van der Waals surface area contributed by atoms with Crippen LogP contribution >= 0.6 is 15.9 Å². The summed E-state index contributed by atoms with van der Waals surface area (Å²) in [5.41, 5.74) is 1.90. The number of halogens is 1. The quantitative estimate of drug-likeness (QED) is 0.796. The maximum absolute atomic E-state index is 10.9. The number of aromatic amines is 1. The van der Waals surface area contributed by atoms with Crippen molar-refractivity contribution in [2.45, 2.75) is 12.8 Å². The summed E-state index contributed by atoms with van der Waals surface area (Å²) in [5, 5.41) is 6.81. The van der Waals surface area contributed by atoms with Gasteiger partial charge in [-0.05, 0) is 40.1 Å². The molecule has 0 radical (unpaired) electrons. The van der Waals surface area contributed by atoms with Crippen LogP contribution in [-0.4, -0.2) is 16.0 Å². The van der Waals surface area contributed by atoms with Crippen molar-refractivity contribution >= 4 is 27.3 Å². The molecule has 0 amide bonds. The first-order chi connectivity index (χ1) is 5.75. The molecule has 1 aliphatic carbocycles. The predicted molar refractivity (Wildman–Crippen MR) is 48.5 cm³/mol. The highest BCUT2D eigenvalue weighted by Crippen LogP contribution is 2.25. The van der Waals surface area contributed by atoms with Gasteiger partial charge in [0.25, 0.3) is 0 Å². The number of ketones is 1. The van der Waals surface area contributed by atoms with Gasteiger partial charge in [-0.15, -0.1) is 0 Å². The average molecular weight is 227 g/mol. The van der Waals surface area contributed by atoms with E-state index in [1.165, 1.54) is 0 Å². The fourth-order valence-corrected chi connectivity index (χ4v) is 1.57. The Hall–Kier alpha value is -0.900. The molecule has 0 spiro atoms. The summed E-state index contributed by atoms with van der Waals surface area (Å²) in [6.07, 6.45) is 3.11. The van der Waals surface area contributed by atoms with Crippen molar-refractivity contribution < 1.29 is 4.79 Å². The zero-order valence-corrected chi connectivity index (χ0v) is 7.89.